The first-order chi connectivity index (χ1) is 5.77. The number of hydrogen-bond donors (Lipinski definition) is 0. The van der Waals surface area contributed by atoms with Gasteiger partial charge in [0.05, 0.1) is 11.6 Å². The van der Waals surface area contributed by atoms with Gasteiger partial charge in [-0.05, 0) is 34.0 Å². The molecule has 12 heavy (non-hydrogen) atoms. The van der Waals surface area contributed by atoms with Gasteiger partial charge in [0, 0.05) is 6.20 Å². The summed E-state index contributed by atoms with van der Waals surface area (Å²) in [6.07, 6.45) is 4.06. The minimum Gasteiger partial charge on any atom is -0.480 e. The van der Waals surface area contributed by atoms with Crippen molar-refractivity contribution in [2.45, 2.75) is 19.8 Å². The second kappa shape index (κ2) is 4.45. The zero-order valence-corrected chi connectivity index (χ0v) is 8.89. The summed E-state index contributed by atoms with van der Waals surface area (Å²) in [4.78, 5) is 4.15. The fourth-order valence-electron chi connectivity index (χ4n) is 1.04. The molecule has 0 aliphatic carbocycles. The zero-order valence-electron chi connectivity index (χ0n) is 7.30. The lowest BCUT2D eigenvalue weighted by atomic mass is 10.2. The molecule has 3 heteroatoms. The Labute approximate surface area is 81.1 Å². The first-order valence-electron chi connectivity index (χ1n) is 3.96. The van der Waals surface area contributed by atoms with E-state index in [0.717, 1.165) is 17.3 Å². The Balaban J connectivity index is 2.86. The Bertz CT molecular complexity index is 263. The van der Waals surface area contributed by atoms with E-state index in [9.17, 15) is 0 Å². The number of nitrogens with zero attached hydrogens (tertiary/aromatic N) is 1. The Morgan fingerprint density at radius 3 is 2.83 bits per heavy atom. The molecular formula is C9H12BrNO. The van der Waals surface area contributed by atoms with Gasteiger partial charge in [-0.3, -0.25) is 0 Å². The number of pyridine rings is 1. The molecule has 0 spiro atoms. The van der Waals surface area contributed by atoms with Crippen LogP contribution in [-0.2, 0) is 6.42 Å². The molecule has 0 N–H and O–H groups in total. The van der Waals surface area contributed by atoms with E-state index in [0.29, 0.717) is 5.88 Å². The summed E-state index contributed by atoms with van der Waals surface area (Å²) in [6, 6.07) is 2.05. The van der Waals surface area contributed by atoms with E-state index in [1.807, 2.05) is 6.20 Å². The summed E-state index contributed by atoms with van der Waals surface area (Å²) in [5.41, 5.74) is 1.24. The van der Waals surface area contributed by atoms with E-state index < -0.39 is 0 Å². The van der Waals surface area contributed by atoms with E-state index in [4.69, 9.17) is 4.74 Å². The zero-order chi connectivity index (χ0) is 8.97. The third-order valence-corrected chi connectivity index (χ3v) is 2.16. The van der Waals surface area contributed by atoms with Crippen LogP contribution in [0, 0.1) is 0 Å². The number of ether oxygens (including phenoxy) is 1. The number of rotatable bonds is 3. The van der Waals surface area contributed by atoms with Crippen LogP contribution in [0.15, 0.2) is 16.7 Å². The van der Waals surface area contributed by atoms with E-state index in [1.165, 1.54) is 5.56 Å². The van der Waals surface area contributed by atoms with Crippen LogP contribution in [0.1, 0.15) is 18.9 Å². The van der Waals surface area contributed by atoms with Crippen LogP contribution < -0.4 is 4.74 Å². The van der Waals surface area contributed by atoms with Gasteiger partial charge < -0.3 is 4.74 Å². The molecule has 0 unspecified atom stereocenters. The van der Waals surface area contributed by atoms with Crippen LogP contribution in [-0.4, -0.2) is 12.1 Å². The van der Waals surface area contributed by atoms with Crippen molar-refractivity contribution in [3.8, 4) is 5.88 Å². The molecule has 0 saturated heterocycles. The molecule has 0 fully saturated rings. The van der Waals surface area contributed by atoms with Crippen LogP contribution >= 0.6 is 15.9 Å². The van der Waals surface area contributed by atoms with Gasteiger partial charge >= 0.3 is 0 Å². The molecule has 0 bridgehead atoms. The summed E-state index contributed by atoms with van der Waals surface area (Å²) in [7, 11) is 1.62. The lowest BCUT2D eigenvalue weighted by Gasteiger charge is -2.03. The van der Waals surface area contributed by atoms with Crippen molar-refractivity contribution in [1.29, 1.82) is 0 Å². The fourth-order valence-corrected chi connectivity index (χ4v) is 1.60. The molecule has 0 saturated carbocycles. The van der Waals surface area contributed by atoms with E-state index in [1.54, 1.807) is 7.11 Å². The molecule has 0 atom stereocenters. The molecule has 1 aromatic heterocycles. The highest BCUT2D eigenvalue weighted by Crippen LogP contribution is 2.22. The van der Waals surface area contributed by atoms with Gasteiger partial charge in [-0.15, -0.1) is 0 Å². The summed E-state index contributed by atoms with van der Waals surface area (Å²) >= 11 is 3.39. The van der Waals surface area contributed by atoms with Crippen molar-refractivity contribution in [2.75, 3.05) is 7.11 Å². The maximum atomic E-state index is 5.02. The van der Waals surface area contributed by atoms with Crippen LogP contribution in [0.25, 0.3) is 0 Å². The first-order valence-corrected chi connectivity index (χ1v) is 4.75. The number of methoxy groups -OCH3 is 1. The second-order valence-corrected chi connectivity index (χ2v) is 3.44. The van der Waals surface area contributed by atoms with Crippen molar-refractivity contribution in [2.24, 2.45) is 0 Å². The Kier molecular flexibility index (Phi) is 3.53. The predicted octanol–water partition coefficient (Wildman–Crippen LogP) is 2.81. The number of aromatic nitrogens is 1. The second-order valence-electron chi connectivity index (χ2n) is 2.58. The Hall–Kier alpha value is -0.570. The molecule has 1 heterocycles. The minimum atomic E-state index is 0.648. The average molecular weight is 230 g/mol. The van der Waals surface area contributed by atoms with Crippen molar-refractivity contribution < 1.29 is 4.74 Å². The highest BCUT2D eigenvalue weighted by atomic mass is 79.9. The molecule has 0 radical (unpaired) electrons. The smallest absolute Gasteiger partial charge is 0.227 e. The maximum Gasteiger partial charge on any atom is 0.227 e. The monoisotopic (exact) mass is 229 g/mol. The van der Waals surface area contributed by atoms with E-state index in [-0.39, 0.29) is 0 Å². The Morgan fingerprint density at radius 2 is 2.33 bits per heavy atom. The topological polar surface area (TPSA) is 22.1 Å². The summed E-state index contributed by atoms with van der Waals surface area (Å²) in [5, 5.41) is 0. The molecule has 2 nitrogen and oxygen atoms in total. The van der Waals surface area contributed by atoms with Gasteiger partial charge in [-0.1, -0.05) is 13.3 Å². The predicted molar refractivity (Wildman–Crippen MR) is 52.5 cm³/mol. The van der Waals surface area contributed by atoms with Gasteiger partial charge in [0.2, 0.25) is 5.88 Å². The summed E-state index contributed by atoms with van der Waals surface area (Å²) < 4.78 is 5.95. The SMILES string of the molecule is CCCc1cnc(OC)c(Br)c1. The lowest BCUT2D eigenvalue weighted by Crippen LogP contribution is -1.91. The van der Waals surface area contributed by atoms with Crippen LogP contribution in [0.4, 0.5) is 0 Å². The average Bonchev–Trinajstić information content (AvgIpc) is 2.05. The Morgan fingerprint density at radius 1 is 1.58 bits per heavy atom. The van der Waals surface area contributed by atoms with Crippen LogP contribution in [0.3, 0.4) is 0 Å². The van der Waals surface area contributed by atoms with Gasteiger partial charge in [-0.2, -0.15) is 0 Å². The van der Waals surface area contributed by atoms with Gasteiger partial charge in [-0.25, -0.2) is 4.98 Å². The third kappa shape index (κ3) is 2.21. The summed E-state index contributed by atoms with van der Waals surface area (Å²) in [5.74, 6) is 0.648. The molecule has 0 aliphatic rings. The molecular weight excluding hydrogens is 218 g/mol. The van der Waals surface area contributed by atoms with Crippen molar-refractivity contribution in [3.63, 3.8) is 0 Å². The highest BCUT2D eigenvalue weighted by Gasteiger charge is 2.01. The molecule has 0 amide bonds. The minimum absolute atomic E-state index is 0.648. The standard InChI is InChI=1S/C9H12BrNO/c1-3-4-7-5-8(10)9(12-2)11-6-7/h5-6H,3-4H2,1-2H3. The normalized spacial score (nSPS) is 9.92. The molecule has 0 aliphatic heterocycles. The largest absolute Gasteiger partial charge is 0.480 e. The van der Waals surface area contributed by atoms with E-state index >= 15 is 0 Å². The molecule has 1 rings (SSSR count). The quantitative estimate of drug-likeness (QED) is 0.796. The highest BCUT2D eigenvalue weighted by molar-refractivity contribution is 9.10. The summed E-state index contributed by atoms with van der Waals surface area (Å²) in [6.45, 7) is 2.15. The first kappa shape index (κ1) is 9.52. The van der Waals surface area contributed by atoms with Gasteiger partial charge in [0.1, 0.15) is 0 Å². The number of aryl methyl sites for hydroxylation is 1. The lowest BCUT2D eigenvalue weighted by molar-refractivity contribution is 0.394. The number of hydrogen-bond acceptors (Lipinski definition) is 2. The van der Waals surface area contributed by atoms with Crippen molar-refractivity contribution in [1.82, 2.24) is 4.98 Å². The van der Waals surface area contributed by atoms with Gasteiger partial charge in [0.15, 0.2) is 0 Å². The van der Waals surface area contributed by atoms with Crippen LogP contribution in [0.2, 0.25) is 0 Å². The third-order valence-electron chi connectivity index (χ3n) is 1.60. The number of halogens is 1. The molecule has 1 aromatic rings. The fraction of sp³-hybridized carbons (Fsp3) is 0.444. The van der Waals surface area contributed by atoms with Crippen molar-refractivity contribution in [3.05, 3.63) is 22.3 Å². The van der Waals surface area contributed by atoms with Crippen molar-refractivity contribution >= 4 is 15.9 Å². The molecule has 0 aromatic carbocycles. The van der Waals surface area contributed by atoms with Gasteiger partial charge in [0.25, 0.3) is 0 Å². The maximum absolute atomic E-state index is 5.02. The van der Waals surface area contributed by atoms with E-state index in [2.05, 4.69) is 33.9 Å². The van der Waals surface area contributed by atoms with Crippen LogP contribution in [0.5, 0.6) is 5.88 Å². The molecule has 66 valence electrons.